The largest absolute Gasteiger partial charge is 0.394 e. The lowest BCUT2D eigenvalue weighted by Crippen LogP contribution is -2.10. The molecule has 0 aliphatic carbocycles. The fourth-order valence-corrected chi connectivity index (χ4v) is 0.425. The summed E-state index contributed by atoms with van der Waals surface area (Å²) in [6.45, 7) is 1.87. The Balaban J connectivity index is 0. The van der Waals surface area contributed by atoms with Crippen LogP contribution in [0, 0.1) is 0 Å². The van der Waals surface area contributed by atoms with Crippen molar-refractivity contribution in [3.8, 4) is 0 Å². The second-order valence-electron chi connectivity index (χ2n) is 2.07. The molecule has 7 heteroatoms. The van der Waals surface area contributed by atoms with Crippen LogP contribution in [-0.4, -0.2) is 40.4 Å². The Morgan fingerprint density at radius 3 is 1.75 bits per heavy atom. The molecule has 0 aromatic carbocycles. The van der Waals surface area contributed by atoms with Gasteiger partial charge in [-0.05, 0) is 6.42 Å². The van der Waals surface area contributed by atoms with Crippen LogP contribution in [-0.2, 0) is 10.4 Å². The van der Waals surface area contributed by atoms with Crippen LogP contribution in [0.2, 0.25) is 0 Å². The van der Waals surface area contributed by atoms with Gasteiger partial charge < -0.3 is 10.2 Å². The molecule has 0 spiro atoms. The van der Waals surface area contributed by atoms with Crippen molar-refractivity contribution in [3.05, 3.63) is 0 Å². The summed E-state index contributed by atoms with van der Waals surface area (Å²) in [6, 6.07) is 0. The van der Waals surface area contributed by atoms with Crippen LogP contribution in [0.1, 0.15) is 19.8 Å². The van der Waals surface area contributed by atoms with Crippen molar-refractivity contribution in [2.24, 2.45) is 0 Å². The van der Waals surface area contributed by atoms with Crippen molar-refractivity contribution < 1.29 is 27.7 Å². The molecule has 0 aliphatic rings. The molecule has 0 saturated carbocycles. The number of aliphatic hydroxyl groups is 2. The van der Waals surface area contributed by atoms with Gasteiger partial charge in [0.05, 0.1) is 12.7 Å². The first-order chi connectivity index (χ1) is 5.31. The lowest BCUT2D eigenvalue weighted by atomic mass is 10.2. The zero-order valence-electron chi connectivity index (χ0n) is 6.71. The Labute approximate surface area is 71.4 Å². The summed E-state index contributed by atoms with van der Waals surface area (Å²) in [5, 5.41) is 16.8. The van der Waals surface area contributed by atoms with Crippen molar-refractivity contribution in [2.75, 3.05) is 6.61 Å². The second kappa shape index (κ2) is 7.44. The normalized spacial score (nSPS) is 13.1. The number of aliphatic hydroxyl groups excluding tert-OH is 2. The van der Waals surface area contributed by atoms with Crippen molar-refractivity contribution in [1.29, 1.82) is 0 Å². The third-order valence-corrected chi connectivity index (χ3v) is 0.833. The third kappa shape index (κ3) is 33.0. The van der Waals surface area contributed by atoms with Gasteiger partial charge in [-0.2, -0.15) is 8.42 Å². The van der Waals surface area contributed by atoms with E-state index in [0.29, 0.717) is 6.42 Å². The fraction of sp³-hybridized carbons (Fsp3) is 1.00. The average molecular weight is 202 g/mol. The van der Waals surface area contributed by atoms with Crippen LogP contribution in [0.5, 0.6) is 0 Å². The van der Waals surface area contributed by atoms with Crippen molar-refractivity contribution in [1.82, 2.24) is 0 Å². The monoisotopic (exact) mass is 202 g/mol. The molecule has 0 aliphatic heterocycles. The molecule has 12 heavy (non-hydrogen) atoms. The molecular formula is C5H14O6S. The Kier molecular flexibility index (Phi) is 8.88. The predicted molar refractivity (Wildman–Crippen MR) is 42.2 cm³/mol. The fourth-order valence-electron chi connectivity index (χ4n) is 0.425. The molecule has 6 nitrogen and oxygen atoms in total. The lowest BCUT2D eigenvalue weighted by molar-refractivity contribution is 0.0877. The summed E-state index contributed by atoms with van der Waals surface area (Å²) in [6.07, 6.45) is 1.14. The summed E-state index contributed by atoms with van der Waals surface area (Å²) in [4.78, 5) is 0. The van der Waals surface area contributed by atoms with Crippen LogP contribution in [0.3, 0.4) is 0 Å². The number of rotatable bonds is 3. The highest BCUT2D eigenvalue weighted by Crippen LogP contribution is 1.92. The summed E-state index contributed by atoms with van der Waals surface area (Å²) in [5.74, 6) is 0. The van der Waals surface area contributed by atoms with Crippen molar-refractivity contribution >= 4 is 10.4 Å². The van der Waals surface area contributed by atoms with Gasteiger partial charge in [-0.25, -0.2) is 0 Å². The lowest BCUT2D eigenvalue weighted by Gasteiger charge is -2.01. The van der Waals surface area contributed by atoms with Gasteiger partial charge >= 0.3 is 10.4 Å². The molecule has 76 valence electrons. The number of hydrogen-bond acceptors (Lipinski definition) is 4. The van der Waals surface area contributed by atoms with Gasteiger partial charge in [0.25, 0.3) is 0 Å². The van der Waals surface area contributed by atoms with Gasteiger partial charge in [0.1, 0.15) is 0 Å². The summed E-state index contributed by atoms with van der Waals surface area (Å²) < 4.78 is 31.6. The van der Waals surface area contributed by atoms with E-state index >= 15 is 0 Å². The van der Waals surface area contributed by atoms with Crippen LogP contribution in [0.15, 0.2) is 0 Å². The van der Waals surface area contributed by atoms with Gasteiger partial charge in [-0.15, -0.1) is 0 Å². The molecule has 0 heterocycles. The minimum Gasteiger partial charge on any atom is -0.394 e. The minimum absolute atomic E-state index is 0.103. The van der Waals surface area contributed by atoms with Crippen LogP contribution in [0.4, 0.5) is 0 Å². The molecular weight excluding hydrogens is 188 g/mol. The van der Waals surface area contributed by atoms with E-state index in [9.17, 15) is 0 Å². The highest BCUT2D eigenvalue weighted by Gasteiger charge is 1.95. The van der Waals surface area contributed by atoms with E-state index in [2.05, 4.69) is 0 Å². The van der Waals surface area contributed by atoms with Crippen LogP contribution >= 0.6 is 0 Å². The van der Waals surface area contributed by atoms with E-state index in [-0.39, 0.29) is 6.61 Å². The van der Waals surface area contributed by atoms with E-state index in [4.69, 9.17) is 27.7 Å². The average Bonchev–Trinajstić information content (AvgIpc) is 1.85. The quantitative estimate of drug-likeness (QED) is 0.458. The maximum absolute atomic E-state index is 8.74. The highest BCUT2D eigenvalue weighted by molar-refractivity contribution is 7.79. The van der Waals surface area contributed by atoms with Gasteiger partial charge in [-0.3, -0.25) is 9.11 Å². The minimum atomic E-state index is -4.67. The SMILES string of the molecule is CCCC(O)CO.O=S(=O)(O)O. The molecule has 0 fully saturated rings. The van der Waals surface area contributed by atoms with E-state index in [1.807, 2.05) is 6.92 Å². The first kappa shape index (κ1) is 14.3. The third-order valence-electron chi connectivity index (χ3n) is 0.833. The molecule has 0 saturated heterocycles. The molecule has 0 amide bonds. The Morgan fingerprint density at radius 1 is 1.33 bits per heavy atom. The van der Waals surface area contributed by atoms with E-state index < -0.39 is 16.5 Å². The molecule has 0 bridgehead atoms. The molecule has 0 radical (unpaired) electrons. The Bertz CT molecular complexity index is 166. The first-order valence-corrected chi connectivity index (χ1v) is 4.69. The molecule has 0 rings (SSSR count). The van der Waals surface area contributed by atoms with Gasteiger partial charge in [0.15, 0.2) is 0 Å². The smallest absolute Gasteiger partial charge is 0.394 e. The second-order valence-corrected chi connectivity index (χ2v) is 2.97. The summed E-state index contributed by atoms with van der Waals surface area (Å²) >= 11 is 0. The maximum Gasteiger partial charge on any atom is 0.394 e. The summed E-state index contributed by atoms with van der Waals surface area (Å²) in [7, 11) is -4.67. The Hall–Kier alpha value is -0.210. The standard InChI is InChI=1S/C5H12O2.H2O4S/c1-2-3-5(7)4-6;1-5(2,3)4/h5-7H,2-4H2,1H3;(H2,1,2,3,4). The maximum atomic E-state index is 8.74. The Morgan fingerprint density at radius 2 is 1.67 bits per heavy atom. The van der Waals surface area contributed by atoms with Crippen LogP contribution in [0.25, 0.3) is 0 Å². The van der Waals surface area contributed by atoms with E-state index in [1.54, 1.807) is 0 Å². The highest BCUT2D eigenvalue weighted by atomic mass is 32.3. The van der Waals surface area contributed by atoms with E-state index in [0.717, 1.165) is 6.42 Å². The molecule has 1 atom stereocenters. The topological polar surface area (TPSA) is 115 Å². The van der Waals surface area contributed by atoms with Crippen molar-refractivity contribution in [2.45, 2.75) is 25.9 Å². The number of hydrogen-bond donors (Lipinski definition) is 4. The van der Waals surface area contributed by atoms with Gasteiger partial charge in [0.2, 0.25) is 0 Å². The molecule has 0 aromatic rings. The zero-order valence-corrected chi connectivity index (χ0v) is 7.53. The van der Waals surface area contributed by atoms with Gasteiger partial charge in [0, 0.05) is 0 Å². The molecule has 1 unspecified atom stereocenters. The first-order valence-electron chi connectivity index (χ1n) is 3.30. The van der Waals surface area contributed by atoms with Gasteiger partial charge in [-0.1, -0.05) is 13.3 Å². The zero-order chi connectivity index (χ0) is 10.2. The summed E-state index contributed by atoms with van der Waals surface area (Å²) in [5.41, 5.74) is 0. The van der Waals surface area contributed by atoms with Crippen LogP contribution < -0.4 is 0 Å². The predicted octanol–water partition coefficient (Wildman–Crippen LogP) is -0.513. The van der Waals surface area contributed by atoms with E-state index in [1.165, 1.54) is 0 Å². The molecule has 0 aromatic heterocycles. The molecule has 4 N–H and O–H groups in total. The van der Waals surface area contributed by atoms with Crippen molar-refractivity contribution in [3.63, 3.8) is 0 Å².